The molecule has 2 heterocycles. The van der Waals surface area contributed by atoms with Gasteiger partial charge in [0.1, 0.15) is 5.69 Å². The molecule has 0 fully saturated rings. The highest BCUT2D eigenvalue weighted by molar-refractivity contribution is 9.10. The number of amides is 1. The largest absolute Gasteiger partial charge is 0.397 e. The molecule has 0 unspecified atom stereocenters. The summed E-state index contributed by atoms with van der Waals surface area (Å²) in [5.41, 5.74) is 6.55. The minimum absolute atomic E-state index is 0.156. The van der Waals surface area contributed by atoms with Crippen molar-refractivity contribution in [2.45, 2.75) is 6.54 Å². The van der Waals surface area contributed by atoms with Crippen molar-refractivity contribution < 1.29 is 4.79 Å². The molecule has 4 N–H and O–H groups in total. The number of H-pyrrole nitrogens is 1. The quantitative estimate of drug-likeness (QED) is 0.814. The van der Waals surface area contributed by atoms with Crippen LogP contribution in [0, 0.1) is 0 Å². The number of rotatable bonds is 3. The van der Waals surface area contributed by atoms with Crippen molar-refractivity contribution >= 4 is 38.9 Å². The highest BCUT2D eigenvalue weighted by Gasteiger charge is 2.08. The number of aromatic amines is 1. The van der Waals surface area contributed by atoms with E-state index >= 15 is 0 Å². The first-order valence-corrected chi connectivity index (χ1v) is 6.28. The van der Waals surface area contributed by atoms with Gasteiger partial charge in [-0.05, 0) is 33.4 Å². The van der Waals surface area contributed by atoms with Crippen molar-refractivity contribution in [2.75, 3.05) is 5.73 Å². The molecular weight excluding hydrogens is 290 g/mol. The molecule has 0 saturated heterocycles. The molecule has 2 rings (SSSR count). The van der Waals surface area contributed by atoms with Crippen LogP contribution in [0.4, 0.5) is 5.69 Å². The van der Waals surface area contributed by atoms with Crippen LogP contribution in [0.15, 0.2) is 28.2 Å². The molecule has 6 heteroatoms. The zero-order valence-corrected chi connectivity index (χ0v) is 10.7. The summed E-state index contributed by atoms with van der Waals surface area (Å²) in [5.74, 6) is -0.156. The fraction of sp³-hybridized carbons (Fsp3) is 0.100. The molecule has 84 valence electrons. The fourth-order valence-electron chi connectivity index (χ4n) is 1.25. The van der Waals surface area contributed by atoms with Crippen LogP contribution in [0.2, 0.25) is 0 Å². The Bertz CT molecular complexity index is 506. The predicted molar refractivity (Wildman–Crippen MR) is 68.4 cm³/mol. The summed E-state index contributed by atoms with van der Waals surface area (Å²) in [5, 5.41) is 4.78. The first-order chi connectivity index (χ1) is 7.66. The number of carbonyl (C=O) groups is 1. The maximum absolute atomic E-state index is 11.7. The third-order valence-corrected chi connectivity index (χ3v) is 3.98. The zero-order chi connectivity index (χ0) is 11.5. The fourth-order valence-corrected chi connectivity index (χ4v) is 2.68. The lowest BCUT2D eigenvalue weighted by atomic mass is 10.4. The minimum Gasteiger partial charge on any atom is -0.397 e. The molecule has 0 aliphatic carbocycles. The first kappa shape index (κ1) is 11.2. The van der Waals surface area contributed by atoms with Crippen molar-refractivity contribution in [3.05, 3.63) is 38.8 Å². The zero-order valence-electron chi connectivity index (χ0n) is 8.29. The third-order valence-electron chi connectivity index (χ3n) is 2.05. The number of thiophene rings is 1. The summed E-state index contributed by atoms with van der Waals surface area (Å²) in [6.07, 6.45) is 1.59. The van der Waals surface area contributed by atoms with Gasteiger partial charge in [-0.15, -0.1) is 11.3 Å². The molecule has 0 radical (unpaired) electrons. The molecule has 2 aromatic heterocycles. The Morgan fingerprint density at radius 2 is 2.44 bits per heavy atom. The highest BCUT2D eigenvalue weighted by atomic mass is 79.9. The van der Waals surface area contributed by atoms with Crippen molar-refractivity contribution in [1.29, 1.82) is 0 Å². The lowest BCUT2D eigenvalue weighted by molar-refractivity contribution is 0.0947. The molecule has 1 amide bonds. The van der Waals surface area contributed by atoms with Crippen LogP contribution in [-0.2, 0) is 6.54 Å². The van der Waals surface area contributed by atoms with E-state index in [0.717, 1.165) is 9.35 Å². The number of aromatic nitrogens is 1. The van der Waals surface area contributed by atoms with E-state index in [1.54, 1.807) is 23.6 Å². The Balaban J connectivity index is 1.96. The first-order valence-electron chi connectivity index (χ1n) is 4.61. The van der Waals surface area contributed by atoms with Gasteiger partial charge in [0.25, 0.3) is 5.91 Å². The Morgan fingerprint density at radius 3 is 3.00 bits per heavy atom. The van der Waals surface area contributed by atoms with Gasteiger partial charge in [0.2, 0.25) is 0 Å². The van der Waals surface area contributed by atoms with Crippen molar-refractivity contribution in [3.63, 3.8) is 0 Å². The predicted octanol–water partition coefficient (Wildman–Crippen LogP) is 2.35. The summed E-state index contributed by atoms with van der Waals surface area (Å²) in [4.78, 5) is 15.6. The Hall–Kier alpha value is -1.27. The second kappa shape index (κ2) is 4.71. The maximum Gasteiger partial charge on any atom is 0.268 e. The molecule has 0 saturated carbocycles. The van der Waals surface area contributed by atoms with E-state index in [1.807, 2.05) is 11.4 Å². The van der Waals surface area contributed by atoms with Crippen LogP contribution in [0.25, 0.3) is 0 Å². The van der Waals surface area contributed by atoms with E-state index in [1.165, 1.54) is 0 Å². The molecule has 0 spiro atoms. The lowest BCUT2D eigenvalue weighted by Crippen LogP contribution is -2.22. The molecule has 2 aromatic rings. The van der Waals surface area contributed by atoms with E-state index in [9.17, 15) is 4.79 Å². The Morgan fingerprint density at radius 1 is 1.62 bits per heavy atom. The van der Waals surface area contributed by atoms with Gasteiger partial charge in [-0.1, -0.05) is 0 Å². The van der Waals surface area contributed by atoms with Gasteiger partial charge >= 0.3 is 0 Å². The average molecular weight is 300 g/mol. The Labute approximate surface area is 105 Å². The number of carbonyl (C=O) groups excluding carboxylic acids is 1. The summed E-state index contributed by atoms with van der Waals surface area (Å²) >= 11 is 5.00. The average Bonchev–Trinajstić information content (AvgIpc) is 2.84. The van der Waals surface area contributed by atoms with Gasteiger partial charge in [0.15, 0.2) is 0 Å². The number of hydrogen-bond acceptors (Lipinski definition) is 3. The number of nitrogens with one attached hydrogen (secondary N) is 2. The summed E-state index contributed by atoms with van der Waals surface area (Å²) in [6, 6.07) is 3.57. The van der Waals surface area contributed by atoms with Crippen LogP contribution in [0.5, 0.6) is 0 Å². The van der Waals surface area contributed by atoms with Gasteiger partial charge in [0, 0.05) is 21.2 Å². The van der Waals surface area contributed by atoms with Crippen molar-refractivity contribution in [3.8, 4) is 0 Å². The van der Waals surface area contributed by atoms with E-state index in [2.05, 4.69) is 26.2 Å². The van der Waals surface area contributed by atoms with Gasteiger partial charge in [0.05, 0.1) is 6.54 Å². The van der Waals surface area contributed by atoms with Crippen LogP contribution in [-0.4, -0.2) is 10.9 Å². The SMILES string of the molecule is Nc1c[nH]c(C(=O)NCc2sccc2Br)c1. The smallest absolute Gasteiger partial charge is 0.268 e. The summed E-state index contributed by atoms with van der Waals surface area (Å²) in [6.45, 7) is 0.510. The van der Waals surface area contributed by atoms with E-state index < -0.39 is 0 Å². The molecule has 0 aliphatic rings. The topological polar surface area (TPSA) is 70.9 Å². The van der Waals surface area contributed by atoms with Crippen LogP contribution in [0.3, 0.4) is 0 Å². The van der Waals surface area contributed by atoms with Crippen LogP contribution < -0.4 is 11.1 Å². The maximum atomic E-state index is 11.7. The second-order valence-electron chi connectivity index (χ2n) is 3.22. The highest BCUT2D eigenvalue weighted by Crippen LogP contribution is 2.22. The summed E-state index contributed by atoms with van der Waals surface area (Å²) in [7, 11) is 0. The van der Waals surface area contributed by atoms with E-state index in [4.69, 9.17) is 5.73 Å². The lowest BCUT2D eigenvalue weighted by Gasteiger charge is -2.02. The number of hydrogen-bond donors (Lipinski definition) is 3. The van der Waals surface area contributed by atoms with Gasteiger partial charge in [-0.2, -0.15) is 0 Å². The standard InChI is InChI=1S/C10H10BrN3OS/c11-7-1-2-16-9(7)5-14-10(15)8-3-6(12)4-13-8/h1-4,13H,5,12H2,(H,14,15). The number of nitrogens with two attached hydrogens (primary N) is 1. The normalized spacial score (nSPS) is 10.3. The number of halogens is 1. The molecule has 16 heavy (non-hydrogen) atoms. The Kier molecular flexibility index (Phi) is 3.31. The molecule has 0 atom stereocenters. The summed E-state index contributed by atoms with van der Waals surface area (Å²) < 4.78 is 1.02. The van der Waals surface area contributed by atoms with Crippen molar-refractivity contribution in [1.82, 2.24) is 10.3 Å². The van der Waals surface area contributed by atoms with Crippen LogP contribution in [0.1, 0.15) is 15.4 Å². The van der Waals surface area contributed by atoms with Gasteiger partial charge < -0.3 is 16.0 Å². The van der Waals surface area contributed by atoms with Gasteiger partial charge in [-0.3, -0.25) is 4.79 Å². The molecule has 4 nitrogen and oxygen atoms in total. The molecule has 0 bridgehead atoms. The second-order valence-corrected chi connectivity index (χ2v) is 5.08. The monoisotopic (exact) mass is 299 g/mol. The number of anilines is 1. The number of nitrogen functional groups attached to an aromatic ring is 1. The van der Waals surface area contributed by atoms with Crippen LogP contribution >= 0.6 is 27.3 Å². The molecule has 0 aliphatic heterocycles. The molecule has 0 aromatic carbocycles. The molecular formula is C10H10BrN3OS. The van der Waals surface area contributed by atoms with E-state index in [0.29, 0.717) is 17.9 Å². The van der Waals surface area contributed by atoms with Gasteiger partial charge in [-0.25, -0.2) is 0 Å². The minimum atomic E-state index is -0.156. The van der Waals surface area contributed by atoms with E-state index in [-0.39, 0.29) is 5.91 Å². The third kappa shape index (κ3) is 2.45. The van der Waals surface area contributed by atoms with Crippen molar-refractivity contribution in [2.24, 2.45) is 0 Å².